The minimum Gasteiger partial charge on any atom is -0.253 e. The van der Waals surface area contributed by atoms with Crippen molar-refractivity contribution in [1.29, 1.82) is 0 Å². The van der Waals surface area contributed by atoms with Gasteiger partial charge in [-0.15, -0.1) is 0 Å². The molecule has 0 N–H and O–H groups in total. The van der Waals surface area contributed by atoms with Crippen LogP contribution < -0.4 is 0 Å². The summed E-state index contributed by atoms with van der Waals surface area (Å²) < 4.78 is 0. The van der Waals surface area contributed by atoms with E-state index in [2.05, 4.69) is 23.1 Å². The fourth-order valence-corrected chi connectivity index (χ4v) is 0.200. The van der Waals surface area contributed by atoms with E-state index in [0.29, 0.717) is 5.61 Å². The molecule has 0 aliphatic carbocycles. The van der Waals surface area contributed by atoms with Crippen molar-refractivity contribution in [2.75, 3.05) is 0 Å². The van der Waals surface area contributed by atoms with Crippen molar-refractivity contribution >= 4 is 19.8 Å². The van der Waals surface area contributed by atoms with Gasteiger partial charge in [-0.3, -0.25) is 4.99 Å². The molecule has 2 radical (unpaired) electrons. The van der Waals surface area contributed by atoms with Gasteiger partial charge < -0.3 is 0 Å². The van der Waals surface area contributed by atoms with Gasteiger partial charge in [0.05, 0.1) is 0 Å². The monoisotopic (exact) mass is 118 g/mol. The zero-order valence-corrected chi connectivity index (χ0v) is 5.12. The highest BCUT2D eigenvalue weighted by Crippen LogP contribution is 1.71. The van der Waals surface area contributed by atoms with Crippen molar-refractivity contribution in [3.8, 4) is 0 Å². The van der Waals surface area contributed by atoms with Crippen molar-refractivity contribution in [3.05, 3.63) is 25.4 Å². The molecule has 0 amide bonds. The molecule has 0 aliphatic rings. The Balaban J connectivity index is 3.81. The van der Waals surface area contributed by atoms with E-state index in [1.807, 2.05) is 0 Å². The van der Waals surface area contributed by atoms with Gasteiger partial charge in [0.1, 0.15) is 14.2 Å². The van der Waals surface area contributed by atoms with E-state index in [1.54, 1.807) is 0 Å². The maximum Gasteiger partial charge on any atom is 0.141 e. The van der Waals surface area contributed by atoms with Crippen LogP contribution in [0.4, 0.5) is 0 Å². The number of nitrogens with zero attached hydrogens (tertiary/aromatic N) is 2. The fraction of sp³-hybridized carbons (Fsp3) is 0. The molecule has 0 bridgehead atoms. The lowest BCUT2D eigenvalue weighted by molar-refractivity contribution is 1.57. The molecule has 3 heteroatoms. The summed E-state index contributed by atoms with van der Waals surface area (Å²) in [5, 5.41) is 0. The summed E-state index contributed by atoms with van der Waals surface area (Å²) in [5.74, 6) is 0. The molecule has 0 atom stereocenters. The van der Waals surface area contributed by atoms with Crippen LogP contribution in [0, 0.1) is 0 Å². The summed E-state index contributed by atoms with van der Waals surface area (Å²) in [6.07, 6.45) is 4.12. The van der Waals surface area contributed by atoms with E-state index in [1.165, 1.54) is 18.6 Å². The summed E-state index contributed by atoms with van der Waals surface area (Å²) in [6, 6.07) is 0. The van der Waals surface area contributed by atoms with E-state index in [4.69, 9.17) is 7.85 Å². The Bertz CT molecular complexity index is 158. The number of hydrogen-bond donors (Lipinski definition) is 0. The molecule has 0 aromatic carbocycles. The van der Waals surface area contributed by atoms with Gasteiger partial charge in [-0.1, -0.05) is 19.2 Å². The molecule has 0 rings (SSSR count). The molecule has 0 fully saturated rings. The molecular formula is C6H7BN2. The predicted octanol–water partition coefficient (Wildman–Crippen LogP) is 0.911. The highest BCUT2D eigenvalue weighted by Gasteiger charge is 1.73. The Hall–Kier alpha value is -1.12. The maximum atomic E-state index is 5.22. The fourth-order valence-electron chi connectivity index (χ4n) is 0.200. The zero-order chi connectivity index (χ0) is 7.11. The molecular weight excluding hydrogens is 111 g/mol. The van der Waals surface area contributed by atoms with Crippen LogP contribution in [0.1, 0.15) is 0 Å². The number of allylic oxidation sites excluding steroid dienone is 1. The first-order valence-corrected chi connectivity index (χ1v) is 2.39. The van der Waals surface area contributed by atoms with E-state index in [-0.39, 0.29) is 0 Å². The first-order chi connectivity index (χ1) is 4.31. The summed E-state index contributed by atoms with van der Waals surface area (Å²) in [7, 11) is 5.22. The second-order valence-electron chi connectivity index (χ2n) is 1.21. The third-order valence-corrected chi connectivity index (χ3v) is 0.588. The molecule has 0 saturated carbocycles. The molecule has 0 aromatic rings. The van der Waals surface area contributed by atoms with Crippen LogP contribution in [-0.2, 0) is 0 Å². The summed E-state index contributed by atoms with van der Waals surface area (Å²) in [6.45, 7) is 6.75. The van der Waals surface area contributed by atoms with Crippen molar-refractivity contribution in [2.45, 2.75) is 0 Å². The Morgan fingerprint density at radius 1 is 1.44 bits per heavy atom. The van der Waals surface area contributed by atoms with Crippen LogP contribution >= 0.6 is 0 Å². The number of rotatable bonds is 3. The third kappa shape index (κ3) is 4.74. The third-order valence-electron chi connectivity index (χ3n) is 0.588. The molecule has 0 heterocycles. The Kier molecular flexibility index (Phi) is 4.41. The average Bonchev–Trinajstić information content (AvgIpc) is 1.89. The molecule has 0 aliphatic heterocycles. The van der Waals surface area contributed by atoms with E-state index in [0.717, 1.165) is 0 Å². The van der Waals surface area contributed by atoms with Crippen molar-refractivity contribution in [1.82, 2.24) is 0 Å². The molecule has 0 spiro atoms. The summed E-state index contributed by atoms with van der Waals surface area (Å²) in [4.78, 5) is 7.23. The van der Waals surface area contributed by atoms with Gasteiger partial charge in [-0.2, -0.15) is 0 Å². The number of aliphatic imine (C=N–C) groups is 2. The lowest BCUT2D eigenvalue weighted by Gasteiger charge is -1.81. The normalized spacial score (nSPS) is 11.8. The zero-order valence-electron chi connectivity index (χ0n) is 5.12. The Labute approximate surface area is 56.1 Å². The highest BCUT2D eigenvalue weighted by atomic mass is 14.8. The van der Waals surface area contributed by atoms with Gasteiger partial charge in [0.2, 0.25) is 0 Å². The smallest absolute Gasteiger partial charge is 0.141 e. The van der Waals surface area contributed by atoms with Crippen molar-refractivity contribution < 1.29 is 0 Å². The Morgan fingerprint density at radius 2 is 2.11 bits per heavy atom. The van der Waals surface area contributed by atoms with Crippen LogP contribution in [-0.4, -0.2) is 19.8 Å². The van der Waals surface area contributed by atoms with Gasteiger partial charge >= 0.3 is 0 Å². The quantitative estimate of drug-likeness (QED) is 0.299. The van der Waals surface area contributed by atoms with Gasteiger partial charge in [-0.25, -0.2) is 4.99 Å². The van der Waals surface area contributed by atoms with Gasteiger partial charge in [0.25, 0.3) is 0 Å². The second-order valence-corrected chi connectivity index (χ2v) is 1.21. The van der Waals surface area contributed by atoms with E-state index >= 15 is 0 Å². The Morgan fingerprint density at radius 3 is 2.56 bits per heavy atom. The molecule has 0 saturated heterocycles. The van der Waals surface area contributed by atoms with Crippen LogP contribution in [0.2, 0.25) is 0 Å². The van der Waals surface area contributed by atoms with Gasteiger partial charge in [0.15, 0.2) is 0 Å². The van der Waals surface area contributed by atoms with Crippen LogP contribution in [0.25, 0.3) is 0 Å². The second kappa shape index (κ2) is 5.03. The topological polar surface area (TPSA) is 24.7 Å². The molecule has 44 valence electrons. The SMILES string of the molecule is [B]C(C=C)=NC=NC=C. The average molecular weight is 118 g/mol. The van der Waals surface area contributed by atoms with E-state index in [9.17, 15) is 0 Å². The summed E-state index contributed by atoms with van der Waals surface area (Å²) in [5.41, 5.74) is 0.348. The molecule has 9 heavy (non-hydrogen) atoms. The largest absolute Gasteiger partial charge is 0.253 e. The first-order valence-electron chi connectivity index (χ1n) is 2.39. The van der Waals surface area contributed by atoms with Crippen molar-refractivity contribution in [3.63, 3.8) is 0 Å². The highest BCUT2D eigenvalue weighted by molar-refractivity contribution is 6.63. The lowest BCUT2D eigenvalue weighted by Crippen LogP contribution is -1.89. The van der Waals surface area contributed by atoms with Crippen molar-refractivity contribution in [2.24, 2.45) is 9.98 Å². The predicted molar refractivity (Wildman–Crippen MR) is 42.1 cm³/mol. The first kappa shape index (κ1) is 7.88. The standard InChI is InChI=1S/C6H7BN2/c1-3-6(7)9-5-8-4-2/h3-5H,1-2H2. The molecule has 2 nitrogen and oxygen atoms in total. The van der Waals surface area contributed by atoms with Crippen LogP contribution in [0.5, 0.6) is 0 Å². The van der Waals surface area contributed by atoms with Gasteiger partial charge in [-0.05, 0) is 5.61 Å². The minimum atomic E-state index is 0.348. The number of hydrogen-bond acceptors (Lipinski definition) is 1. The molecule has 0 aromatic heterocycles. The van der Waals surface area contributed by atoms with Gasteiger partial charge in [0, 0.05) is 6.20 Å². The van der Waals surface area contributed by atoms with E-state index < -0.39 is 0 Å². The van der Waals surface area contributed by atoms with Crippen LogP contribution in [0.15, 0.2) is 35.4 Å². The molecule has 0 unspecified atom stereocenters. The maximum absolute atomic E-state index is 5.22. The van der Waals surface area contributed by atoms with Crippen LogP contribution in [0.3, 0.4) is 0 Å². The minimum absolute atomic E-state index is 0.348. The lowest BCUT2D eigenvalue weighted by atomic mass is 10.0. The summed E-state index contributed by atoms with van der Waals surface area (Å²) >= 11 is 0.